The zero-order valence-corrected chi connectivity index (χ0v) is 16.1. The molecule has 2 aromatic carbocycles. The van der Waals surface area contributed by atoms with Crippen LogP contribution in [0.15, 0.2) is 59.1 Å². The maximum atomic E-state index is 12.3. The molecule has 0 amide bonds. The molecule has 3 rings (SSSR count). The Kier molecular flexibility index (Phi) is 5.93. The third-order valence-corrected chi connectivity index (χ3v) is 5.56. The minimum Gasteiger partial charge on any atom is -0.497 e. The van der Waals surface area contributed by atoms with E-state index in [4.69, 9.17) is 9.26 Å². The van der Waals surface area contributed by atoms with E-state index in [0.717, 1.165) is 22.4 Å². The van der Waals surface area contributed by atoms with Gasteiger partial charge in [-0.15, -0.1) is 0 Å². The van der Waals surface area contributed by atoms with Gasteiger partial charge < -0.3 is 9.26 Å². The van der Waals surface area contributed by atoms with Gasteiger partial charge in [-0.1, -0.05) is 41.6 Å². The molecule has 142 valence electrons. The average Bonchev–Trinajstić information content (AvgIpc) is 3.12. The van der Waals surface area contributed by atoms with Gasteiger partial charge in [0.2, 0.25) is 10.0 Å². The van der Waals surface area contributed by atoms with Crippen LogP contribution in [0.4, 0.5) is 0 Å². The van der Waals surface area contributed by atoms with E-state index in [0.29, 0.717) is 17.9 Å². The molecule has 3 aromatic rings. The van der Waals surface area contributed by atoms with Crippen molar-refractivity contribution in [2.24, 2.45) is 0 Å². The highest BCUT2D eigenvalue weighted by Crippen LogP contribution is 2.24. The number of nitrogens with zero attached hydrogens (tertiary/aromatic N) is 1. The number of benzene rings is 2. The van der Waals surface area contributed by atoms with Crippen molar-refractivity contribution in [1.29, 1.82) is 0 Å². The summed E-state index contributed by atoms with van der Waals surface area (Å²) < 4.78 is 37.7. The largest absolute Gasteiger partial charge is 0.497 e. The van der Waals surface area contributed by atoms with E-state index < -0.39 is 10.0 Å². The molecule has 1 heterocycles. The van der Waals surface area contributed by atoms with Crippen LogP contribution in [-0.2, 0) is 22.2 Å². The maximum Gasteiger partial charge on any atom is 0.215 e. The van der Waals surface area contributed by atoms with Gasteiger partial charge in [-0.2, -0.15) is 0 Å². The number of sulfonamides is 1. The lowest BCUT2D eigenvalue weighted by molar-refractivity contribution is 0.412. The van der Waals surface area contributed by atoms with E-state index in [-0.39, 0.29) is 12.3 Å². The molecule has 0 aliphatic carbocycles. The van der Waals surface area contributed by atoms with Crippen LogP contribution in [0.25, 0.3) is 11.3 Å². The van der Waals surface area contributed by atoms with Crippen LogP contribution in [0.5, 0.6) is 5.75 Å². The molecule has 0 saturated carbocycles. The molecule has 0 spiro atoms. The van der Waals surface area contributed by atoms with Gasteiger partial charge in [0.05, 0.1) is 18.6 Å². The van der Waals surface area contributed by atoms with Crippen molar-refractivity contribution in [3.63, 3.8) is 0 Å². The van der Waals surface area contributed by atoms with Crippen molar-refractivity contribution in [2.45, 2.75) is 19.1 Å². The van der Waals surface area contributed by atoms with E-state index in [9.17, 15) is 8.42 Å². The lowest BCUT2D eigenvalue weighted by Gasteiger charge is -2.08. The van der Waals surface area contributed by atoms with E-state index in [1.165, 1.54) is 0 Å². The first-order valence-electron chi connectivity index (χ1n) is 8.59. The first-order chi connectivity index (χ1) is 13.0. The minimum absolute atomic E-state index is 0.0342. The molecule has 0 aliphatic heterocycles. The van der Waals surface area contributed by atoms with Crippen LogP contribution in [0, 0.1) is 6.92 Å². The summed E-state index contributed by atoms with van der Waals surface area (Å²) in [5.74, 6) is 1.31. The predicted octanol–water partition coefficient (Wildman–Crippen LogP) is 3.32. The normalized spacial score (nSPS) is 11.5. The Labute approximate surface area is 159 Å². The summed E-state index contributed by atoms with van der Waals surface area (Å²) in [7, 11) is -1.80. The Bertz CT molecular complexity index is 1010. The van der Waals surface area contributed by atoms with Crippen LogP contribution in [0.1, 0.15) is 16.8 Å². The lowest BCUT2D eigenvalue weighted by atomic mass is 10.1. The van der Waals surface area contributed by atoms with Crippen molar-refractivity contribution in [2.75, 3.05) is 13.7 Å². The third kappa shape index (κ3) is 5.18. The summed E-state index contributed by atoms with van der Waals surface area (Å²) >= 11 is 0. The van der Waals surface area contributed by atoms with Gasteiger partial charge in [0, 0.05) is 24.6 Å². The fourth-order valence-electron chi connectivity index (χ4n) is 2.70. The second-order valence-electron chi connectivity index (χ2n) is 6.24. The second kappa shape index (κ2) is 8.37. The number of rotatable bonds is 8. The van der Waals surface area contributed by atoms with Gasteiger partial charge in [0.1, 0.15) is 5.75 Å². The summed E-state index contributed by atoms with van der Waals surface area (Å²) in [4.78, 5) is 0. The van der Waals surface area contributed by atoms with Gasteiger partial charge in [-0.05, 0) is 30.2 Å². The summed E-state index contributed by atoms with van der Waals surface area (Å²) in [5.41, 5.74) is 3.30. The Hall–Kier alpha value is -2.64. The molecule has 0 saturated heterocycles. The molecular formula is C20H22N2O4S. The van der Waals surface area contributed by atoms with Crippen molar-refractivity contribution in [3.8, 4) is 17.1 Å². The van der Waals surface area contributed by atoms with Crippen molar-refractivity contribution < 1.29 is 17.7 Å². The predicted molar refractivity (Wildman–Crippen MR) is 104 cm³/mol. The monoisotopic (exact) mass is 386 g/mol. The first kappa shape index (κ1) is 19.1. The molecular weight excluding hydrogens is 364 g/mol. The highest BCUT2D eigenvalue weighted by Gasteiger charge is 2.13. The van der Waals surface area contributed by atoms with Crippen molar-refractivity contribution >= 4 is 10.0 Å². The first-order valence-corrected chi connectivity index (χ1v) is 10.2. The Morgan fingerprint density at radius 2 is 1.93 bits per heavy atom. The van der Waals surface area contributed by atoms with Gasteiger partial charge >= 0.3 is 0 Å². The molecule has 6 nitrogen and oxygen atoms in total. The molecule has 1 N–H and O–H groups in total. The number of hydrogen-bond donors (Lipinski definition) is 1. The Morgan fingerprint density at radius 3 is 2.70 bits per heavy atom. The summed E-state index contributed by atoms with van der Waals surface area (Å²) in [6, 6.07) is 16.8. The molecule has 0 aliphatic rings. The van der Waals surface area contributed by atoms with E-state index in [1.807, 2.05) is 61.5 Å². The van der Waals surface area contributed by atoms with Crippen LogP contribution >= 0.6 is 0 Å². The third-order valence-electron chi connectivity index (χ3n) is 4.22. The highest BCUT2D eigenvalue weighted by molar-refractivity contribution is 7.88. The molecule has 27 heavy (non-hydrogen) atoms. The minimum atomic E-state index is -3.41. The van der Waals surface area contributed by atoms with Crippen LogP contribution < -0.4 is 9.46 Å². The molecule has 0 radical (unpaired) electrons. The quantitative estimate of drug-likeness (QED) is 0.642. The summed E-state index contributed by atoms with van der Waals surface area (Å²) in [6.07, 6.45) is 0.445. The van der Waals surface area contributed by atoms with Gasteiger partial charge in [0.15, 0.2) is 5.76 Å². The number of nitrogens with one attached hydrogen (secondary N) is 1. The number of ether oxygens (including phenoxy) is 1. The lowest BCUT2D eigenvalue weighted by Crippen LogP contribution is -2.27. The smallest absolute Gasteiger partial charge is 0.215 e. The molecule has 0 atom stereocenters. The topological polar surface area (TPSA) is 81.4 Å². The fraction of sp³-hybridized carbons (Fsp3) is 0.250. The highest BCUT2D eigenvalue weighted by atomic mass is 32.2. The second-order valence-corrected chi connectivity index (χ2v) is 8.05. The molecule has 0 bridgehead atoms. The van der Waals surface area contributed by atoms with Crippen LogP contribution in [0.2, 0.25) is 0 Å². The van der Waals surface area contributed by atoms with Gasteiger partial charge in [-0.25, -0.2) is 13.1 Å². The maximum absolute atomic E-state index is 12.3. The molecule has 7 heteroatoms. The van der Waals surface area contributed by atoms with Crippen LogP contribution in [-0.4, -0.2) is 27.2 Å². The zero-order chi connectivity index (χ0) is 19.3. The summed E-state index contributed by atoms with van der Waals surface area (Å²) in [6.45, 7) is 2.17. The number of aromatic nitrogens is 1. The average molecular weight is 386 g/mol. The molecule has 1 aromatic heterocycles. The Balaban J connectivity index is 1.58. The van der Waals surface area contributed by atoms with Gasteiger partial charge in [-0.3, -0.25) is 0 Å². The van der Waals surface area contributed by atoms with Crippen molar-refractivity contribution in [1.82, 2.24) is 9.88 Å². The zero-order valence-electron chi connectivity index (χ0n) is 15.3. The van der Waals surface area contributed by atoms with Crippen LogP contribution in [0.3, 0.4) is 0 Å². The van der Waals surface area contributed by atoms with Crippen molar-refractivity contribution in [3.05, 3.63) is 71.4 Å². The Morgan fingerprint density at radius 1 is 1.11 bits per heavy atom. The fourth-order valence-corrected chi connectivity index (χ4v) is 3.95. The van der Waals surface area contributed by atoms with E-state index in [2.05, 4.69) is 9.88 Å². The van der Waals surface area contributed by atoms with E-state index in [1.54, 1.807) is 7.11 Å². The number of aryl methyl sites for hydroxylation is 1. The number of hydrogen-bond acceptors (Lipinski definition) is 5. The standard InChI is InChI=1S/C20H22N2O4S/c1-15-6-3-4-7-17(15)14-27(23,24)21-11-10-18-13-20(26-22-18)16-8-5-9-19(12-16)25-2/h3-9,12-13,21H,10-11,14H2,1-2H3. The SMILES string of the molecule is COc1cccc(-c2cc(CCNS(=O)(=O)Cc3ccccc3C)no2)c1. The molecule has 0 fully saturated rings. The molecule has 0 unspecified atom stereocenters. The summed E-state index contributed by atoms with van der Waals surface area (Å²) in [5, 5.41) is 4.02. The van der Waals surface area contributed by atoms with Gasteiger partial charge in [0.25, 0.3) is 0 Å². The number of methoxy groups -OCH3 is 1. The van der Waals surface area contributed by atoms with E-state index >= 15 is 0 Å².